The number of aryl methyl sites for hydroxylation is 1. The molecule has 104 valence electrons. The van der Waals surface area contributed by atoms with E-state index in [9.17, 15) is 4.79 Å². The number of fused-ring (bicyclic) bond motifs is 1. The fraction of sp³-hybridized carbons (Fsp3) is 0.385. The summed E-state index contributed by atoms with van der Waals surface area (Å²) in [6, 6.07) is 5.80. The maximum absolute atomic E-state index is 11.4. The standard InChI is InChI=1S/C13H17N2O3.BrH/c1-4-14-9-15(8-13(16)18-3)11-6-5-10(17-2)7-12(11)14;/h5-7,9H,4,8H2,1-3H3;1H/q+1;/p-1. The Labute approximate surface area is 122 Å². The van der Waals surface area contributed by atoms with E-state index in [1.165, 1.54) is 7.11 Å². The molecule has 0 aliphatic heterocycles. The summed E-state index contributed by atoms with van der Waals surface area (Å²) >= 11 is 0. The zero-order valence-corrected chi connectivity index (χ0v) is 12.8. The number of rotatable bonds is 4. The Morgan fingerprint density at radius 3 is 2.68 bits per heavy atom. The minimum absolute atomic E-state index is 0. The van der Waals surface area contributed by atoms with E-state index in [1.807, 2.05) is 29.1 Å². The smallest absolute Gasteiger partial charge is 0.348 e. The zero-order valence-electron chi connectivity index (χ0n) is 11.2. The van der Waals surface area contributed by atoms with Gasteiger partial charge in [0.25, 0.3) is 0 Å². The van der Waals surface area contributed by atoms with Gasteiger partial charge in [0, 0.05) is 6.07 Å². The molecule has 0 aliphatic rings. The molecule has 0 amide bonds. The number of aromatic nitrogens is 2. The largest absolute Gasteiger partial charge is 1.00 e. The van der Waals surface area contributed by atoms with Crippen molar-refractivity contribution < 1.29 is 35.8 Å². The Kier molecular flexibility index (Phi) is 5.35. The van der Waals surface area contributed by atoms with Crippen LogP contribution in [0.3, 0.4) is 0 Å². The van der Waals surface area contributed by atoms with Gasteiger partial charge in [0.15, 0.2) is 17.6 Å². The SMILES string of the molecule is CCn1c[n+](CC(=O)OC)c2ccc(OC)cc21.[Br-]. The molecule has 0 fully saturated rings. The van der Waals surface area contributed by atoms with E-state index in [1.54, 1.807) is 7.11 Å². The Bertz CT molecular complexity index is 581. The average Bonchev–Trinajstić information content (AvgIpc) is 2.75. The highest BCUT2D eigenvalue weighted by Crippen LogP contribution is 2.18. The van der Waals surface area contributed by atoms with Gasteiger partial charge in [-0.05, 0) is 19.1 Å². The molecule has 6 heteroatoms. The Hall–Kier alpha value is -1.56. The second-order valence-electron chi connectivity index (χ2n) is 3.96. The van der Waals surface area contributed by atoms with Crippen LogP contribution < -0.4 is 26.3 Å². The first kappa shape index (κ1) is 15.5. The van der Waals surface area contributed by atoms with Crippen LogP contribution in [0.5, 0.6) is 5.75 Å². The molecule has 2 rings (SSSR count). The van der Waals surface area contributed by atoms with E-state index < -0.39 is 0 Å². The fourth-order valence-electron chi connectivity index (χ4n) is 1.98. The number of carbonyl (C=O) groups excluding carboxylic acids is 1. The highest BCUT2D eigenvalue weighted by Gasteiger charge is 2.17. The average molecular weight is 329 g/mol. The van der Waals surface area contributed by atoms with Gasteiger partial charge in [-0.1, -0.05) is 0 Å². The highest BCUT2D eigenvalue weighted by molar-refractivity contribution is 5.75. The molecule has 0 bridgehead atoms. The second kappa shape index (κ2) is 6.56. The van der Waals surface area contributed by atoms with Crippen LogP contribution in [0.2, 0.25) is 0 Å². The summed E-state index contributed by atoms with van der Waals surface area (Å²) < 4.78 is 13.9. The number of halogens is 1. The molecule has 0 aliphatic carbocycles. The first-order valence-electron chi connectivity index (χ1n) is 5.82. The van der Waals surface area contributed by atoms with E-state index in [2.05, 4.69) is 11.5 Å². The number of hydrogen-bond donors (Lipinski definition) is 0. The van der Waals surface area contributed by atoms with Crippen molar-refractivity contribution >= 4 is 17.0 Å². The highest BCUT2D eigenvalue weighted by atomic mass is 79.9. The molecule has 1 aromatic heterocycles. The van der Waals surface area contributed by atoms with Gasteiger partial charge in [-0.2, -0.15) is 0 Å². The molecule has 0 unspecified atom stereocenters. The number of imidazole rings is 1. The third kappa shape index (κ3) is 3.07. The van der Waals surface area contributed by atoms with Crippen molar-refractivity contribution in [3.8, 4) is 5.75 Å². The summed E-state index contributed by atoms with van der Waals surface area (Å²) in [6.07, 6.45) is 1.92. The topological polar surface area (TPSA) is 44.3 Å². The van der Waals surface area contributed by atoms with Crippen LogP contribution in [0.25, 0.3) is 11.0 Å². The summed E-state index contributed by atoms with van der Waals surface area (Å²) in [5.41, 5.74) is 2.03. The second-order valence-corrected chi connectivity index (χ2v) is 3.96. The van der Waals surface area contributed by atoms with Gasteiger partial charge in [-0.25, -0.2) is 13.9 Å². The third-order valence-electron chi connectivity index (χ3n) is 2.95. The Balaban J connectivity index is 0.00000180. The van der Waals surface area contributed by atoms with Crippen LogP contribution in [0.1, 0.15) is 6.92 Å². The van der Waals surface area contributed by atoms with Gasteiger partial charge in [0.2, 0.25) is 6.33 Å². The molecular weight excluding hydrogens is 312 g/mol. The van der Waals surface area contributed by atoms with Gasteiger partial charge in [-0.3, -0.25) is 0 Å². The maximum Gasteiger partial charge on any atom is 0.348 e. The van der Waals surface area contributed by atoms with Gasteiger partial charge in [0.05, 0.1) is 20.8 Å². The molecule has 0 saturated carbocycles. The molecule has 1 heterocycles. The lowest BCUT2D eigenvalue weighted by atomic mass is 10.3. The van der Waals surface area contributed by atoms with Gasteiger partial charge < -0.3 is 26.5 Å². The third-order valence-corrected chi connectivity index (χ3v) is 2.95. The van der Waals surface area contributed by atoms with Gasteiger partial charge in [0.1, 0.15) is 5.75 Å². The molecular formula is C13H17BrN2O3. The number of ether oxygens (including phenoxy) is 2. The minimum Gasteiger partial charge on any atom is -1.00 e. The van der Waals surface area contributed by atoms with Gasteiger partial charge in [-0.15, -0.1) is 0 Å². The van der Waals surface area contributed by atoms with Crippen LogP contribution in [0.15, 0.2) is 24.5 Å². The Morgan fingerprint density at radius 2 is 2.11 bits per heavy atom. The van der Waals surface area contributed by atoms with E-state index in [0.29, 0.717) is 0 Å². The van der Waals surface area contributed by atoms with Gasteiger partial charge >= 0.3 is 5.97 Å². The zero-order chi connectivity index (χ0) is 13.1. The summed E-state index contributed by atoms with van der Waals surface area (Å²) in [4.78, 5) is 11.4. The van der Waals surface area contributed by atoms with Crippen molar-refractivity contribution in [1.29, 1.82) is 0 Å². The first-order valence-corrected chi connectivity index (χ1v) is 5.82. The first-order chi connectivity index (χ1) is 8.69. The van der Waals surface area contributed by atoms with Crippen LogP contribution in [0, 0.1) is 0 Å². The molecule has 1 aromatic carbocycles. The van der Waals surface area contributed by atoms with Crippen LogP contribution >= 0.6 is 0 Å². The van der Waals surface area contributed by atoms with Crippen molar-refractivity contribution in [2.24, 2.45) is 0 Å². The Morgan fingerprint density at radius 1 is 1.37 bits per heavy atom. The number of benzene rings is 1. The van der Waals surface area contributed by atoms with Crippen molar-refractivity contribution in [3.63, 3.8) is 0 Å². The summed E-state index contributed by atoms with van der Waals surface area (Å²) in [5.74, 6) is 0.548. The minimum atomic E-state index is -0.258. The number of esters is 1. The van der Waals surface area contributed by atoms with Crippen molar-refractivity contribution in [2.45, 2.75) is 20.0 Å². The predicted octanol–water partition coefficient (Wildman–Crippen LogP) is -1.87. The molecule has 19 heavy (non-hydrogen) atoms. The summed E-state index contributed by atoms with van der Waals surface area (Å²) in [5, 5.41) is 0. The van der Waals surface area contributed by atoms with Crippen molar-refractivity contribution in [1.82, 2.24) is 4.57 Å². The number of carbonyl (C=O) groups is 1. The molecule has 2 aromatic rings. The molecule has 5 nitrogen and oxygen atoms in total. The van der Waals surface area contributed by atoms with E-state index in [-0.39, 0.29) is 29.5 Å². The molecule has 0 N–H and O–H groups in total. The van der Waals surface area contributed by atoms with E-state index >= 15 is 0 Å². The predicted molar refractivity (Wildman–Crippen MR) is 66.4 cm³/mol. The lowest BCUT2D eigenvalue weighted by molar-refractivity contribution is -0.660. The lowest BCUT2D eigenvalue weighted by Crippen LogP contribution is -3.00. The van der Waals surface area contributed by atoms with Crippen LogP contribution in [-0.4, -0.2) is 24.8 Å². The summed E-state index contributed by atoms with van der Waals surface area (Å²) in [7, 11) is 3.04. The summed E-state index contributed by atoms with van der Waals surface area (Å²) in [6.45, 7) is 3.10. The molecule has 0 atom stereocenters. The quantitative estimate of drug-likeness (QED) is 0.488. The maximum atomic E-state index is 11.4. The number of nitrogens with zero attached hydrogens (tertiary/aromatic N) is 2. The fourth-order valence-corrected chi connectivity index (χ4v) is 1.98. The molecule has 0 spiro atoms. The molecule has 0 saturated heterocycles. The van der Waals surface area contributed by atoms with Crippen molar-refractivity contribution in [2.75, 3.05) is 14.2 Å². The van der Waals surface area contributed by atoms with E-state index in [0.717, 1.165) is 23.3 Å². The van der Waals surface area contributed by atoms with Crippen LogP contribution in [0.4, 0.5) is 0 Å². The lowest BCUT2D eigenvalue weighted by Gasteiger charge is -1.99. The normalized spacial score (nSPS) is 10.1. The number of hydrogen-bond acceptors (Lipinski definition) is 3. The number of methoxy groups -OCH3 is 2. The van der Waals surface area contributed by atoms with Crippen molar-refractivity contribution in [3.05, 3.63) is 24.5 Å². The van der Waals surface area contributed by atoms with E-state index in [4.69, 9.17) is 9.47 Å². The van der Waals surface area contributed by atoms with Crippen LogP contribution in [-0.2, 0) is 22.6 Å². The molecule has 0 radical (unpaired) electrons. The monoisotopic (exact) mass is 328 g/mol.